The van der Waals surface area contributed by atoms with Crippen LogP contribution in [0.2, 0.25) is 10.0 Å². The molecule has 1 N–H and O–H groups in total. The van der Waals surface area contributed by atoms with Crippen molar-refractivity contribution in [3.05, 3.63) is 99.0 Å². The van der Waals surface area contributed by atoms with E-state index in [1.54, 1.807) is 0 Å². The smallest absolute Gasteiger partial charge is 0.303 e. The molecule has 1 atom stereocenters. The summed E-state index contributed by atoms with van der Waals surface area (Å²) in [4.78, 5) is 13.2. The van der Waals surface area contributed by atoms with E-state index in [4.69, 9.17) is 33.0 Å². The van der Waals surface area contributed by atoms with Gasteiger partial charge in [0.25, 0.3) is 0 Å². The standard InChI is InChI=1S/C27H27Cl2NO3/c28-21-9-12-24(25(29)18-21)27-23-5-2-1-4-20(23)14-16-30(27)15-3-17-33-22-10-6-19(7-11-22)8-13-26(31)32/h1-2,4-7,9-12,18,27H,3,8,13-17H2,(H,31,32). The van der Waals surface area contributed by atoms with E-state index in [-0.39, 0.29) is 12.5 Å². The van der Waals surface area contributed by atoms with Crippen LogP contribution in [-0.4, -0.2) is 35.7 Å². The lowest BCUT2D eigenvalue weighted by molar-refractivity contribution is -0.136. The number of halogens is 2. The maximum Gasteiger partial charge on any atom is 0.303 e. The second-order valence-electron chi connectivity index (χ2n) is 8.29. The zero-order valence-electron chi connectivity index (χ0n) is 18.3. The number of carbonyl (C=O) groups is 1. The molecule has 172 valence electrons. The molecular weight excluding hydrogens is 457 g/mol. The first-order chi connectivity index (χ1) is 16.0. The minimum Gasteiger partial charge on any atom is -0.494 e. The summed E-state index contributed by atoms with van der Waals surface area (Å²) in [7, 11) is 0. The Kier molecular flexibility index (Phi) is 7.92. The summed E-state index contributed by atoms with van der Waals surface area (Å²) in [6, 6.07) is 22.1. The predicted octanol–water partition coefficient (Wildman–Crippen LogP) is 6.43. The Morgan fingerprint density at radius 2 is 1.82 bits per heavy atom. The van der Waals surface area contributed by atoms with Crippen LogP contribution in [0, 0.1) is 0 Å². The van der Waals surface area contributed by atoms with Gasteiger partial charge in [0.1, 0.15) is 5.75 Å². The van der Waals surface area contributed by atoms with E-state index in [9.17, 15) is 4.79 Å². The summed E-state index contributed by atoms with van der Waals surface area (Å²) in [6.45, 7) is 2.45. The monoisotopic (exact) mass is 483 g/mol. The molecule has 1 heterocycles. The van der Waals surface area contributed by atoms with Crippen LogP contribution in [0.3, 0.4) is 0 Å². The highest BCUT2D eigenvalue weighted by molar-refractivity contribution is 6.35. The van der Waals surface area contributed by atoms with E-state index < -0.39 is 5.97 Å². The summed E-state index contributed by atoms with van der Waals surface area (Å²) in [5.74, 6) is 0.0178. The fourth-order valence-electron chi connectivity index (χ4n) is 4.41. The van der Waals surface area contributed by atoms with Crippen LogP contribution in [0.4, 0.5) is 0 Å². The van der Waals surface area contributed by atoms with Gasteiger partial charge in [0.05, 0.1) is 12.6 Å². The topological polar surface area (TPSA) is 49.8 Å². The maximum atomic E-state index is 10.7. The van der Waals surface area contributed by atoms with Crippen molar-refractivity contribution in [2.75, 3.05) is 19.7 Å². The Labute approximate surface area is 204 Å². The number of nitrogens with zero attached hydrogens (tertiary/aromatic N) is 1. The Balaban J connectivity index is 1.39. The van der Waals surface area contributed by atoms with Gasteiger partial charge in [0.15, 0.2) is 0 Å². The van der Waals surface area contributed by atoms with Crippen LogP contribution in [0.25, 0.3) is 0 Å². The zero-order valence-corrected chi connectivity index (χ0v) is 19.9. The second kappa shape index (κ2) is 11.1. The highest BCUT2D eigenvalue weighted by atomic mass is 35.5. The average molecular weight is 484 g/mol. The number of carboxylic acids is 1. The maximum absolute atomic E-state index is 10.7. The van der Waals surface area contributed by atoms with Gasteiger partial charge in [-0.2, -0.15) is 0 Å². The highest BCUT2D eigenvalue weighted by Gasteiger charge is 2.29. The largest absolute Gasteiger partial charge is 0.494 e. The number of rotatable bonds is 9. The number of hydrogen-bond donors (Lipinski definition) is 1. The lowest BCUT2D eigenvalue weighted by Gasteiger charge is -2.38. The van der Waals surface area contributed by atoms with E-state index in [1.165, 1.54) is 11.1 Å². The van der Waals surface area contributed by atoms with E-state index in [2.05, 4.69) is 29.2 Å². The summed E-state index contributed by atoms with van der Waals surface area (Å²) in [5.41, 5.74) is 4.74. The number of fused-ring (bicyclic) bond motifs is 1. The van der Waals surface area contributed by atoms with Crippen LogP contribution in [-0.2, 0) is 17.6 Å². The van der Waals surface area contributed by atoms with Gasteiger partial charge in [0.2, 0.25) is 0 Å². The summed E-state index contributed by atoms with van der Waals surface area (Å²) < 4.78 is 5.94. The first-order valence-corrected chi connectivity index (χ1v) is 12.0. The van der Waals surface area contributed by atoms with Crippen molar-refractivity contribution >= 4 is 29.2 Å². The van der Waals surface area contributed by atoms with E-state index in [0.29, 0.717) is 23.1 Å². The molecule has 1 aliphatic heterocycles. The number of ether oxygens (including phenoxy) is 1. The quantitative estimate of drug-likeness (QED) is 0.356. The van der Waals surface area contributed by atoms with Gasteiger partial charge in [-0.1, -0.05) is 65.7 Å². The molecule has 0 saturated heterocycles. The van der Waals surface area contributed by atoms with Gasteiger partial charge < -0.3 is 9.84 Å². The molecule has 0 fully saturated rings. The van der Waals surface area contributed by atoms with Gasteiger partial charge >= 0.3 is 5.97 Å². The number of benzene rings is 3. The SMILES string of the molecule is O=C(O)CCc1ccc(OCCCN2CCc3ccccc3C2c2ccc(Cl)cc2Cl)cc1. The molecule has 4 nitrogen and oxygen atoms in total. The predicted molar refractivity (Wildman–Crippen MR) is 133 cm³/mol. The minimum atomic E-state index is -0.783. The molecule has 3 aromatic carbocycles. The molecule has 4 rings (SSSR count). The minimum absolute atomic E-state index is 0.0910. The van der Waals surface area contributed by atoms with Crippen LogP contribution < -0.4 is 4.74 Å². The fraction of sp³-hybridized carbons (Fsp3) is 0.296. The van der Waals surface area contributed by atoms with Crippen molar-refractivity contribution in [1.29, 1.82) is 0 Å². The molecule has 0 spiro atoms. The lowest BCUT2D eigenvalue weighted by atomic mass is 9.88. The highest BCUT2D eigenvalue weighted by Crippen LogP contribution is 2.39. The molecule has 6 heteroatoms. The van der Waals surface area contributed by atoms with Crippen LogP contribution in [0.1, 0.15) is 41.1 Å². The van der Waals surface area contributed by atoms with Crippen molar-refractivity contribution in [2.24, 2.45) is 0 Å². The van der Waals surface area contributed by atoms with Gasteiger partial charge in [-0.05, 0) is 65.8 Å². The van der Waals surface area contributed by atoms with Gasteiger partial charge in [0, 0.05) is 29.6 Å². The first kappa shape index (κ1) is 23.6. The third-order valence-corrected chi connectivity index (χ3v) is 6.61. The molecule has 0 bridgehead atoms. The number of aliphatic carboxylic acids is 1. The molecular formula is C27H27Cl2NO3. The van der Waals surface area contributed by atoms with Gasteiger partial charge in [-0.15, -0.1) is 0 Å². The molecule has 1 unspecified atom stereocenters. The number of aryl methyl sites for hydroxylation is 1. The molecule has 33 heavy (non-hydrogen) atoms. The van der Waals surface area contributed by atoms with Crippen LogP contribution >= 0.6 is 23.2 Å². The van der Waals surface area contributed by atoms with E-state index in [1.807, 2.05) is 42.5 Å². The molecule has 3 aromatic rings. The van der Waals surface area contributed by atoms with Crippen molar-refractivity contribution in [2.45, 2.75) is 31.7 Å². The lowest BCUT2D eigenvalue weighted by Crippen LogP contribution is -2.37. The fourth-order valence-corrected chi connectivity index (χ4v) is 4.92. The van der Waals surface area contributed by atoms with Gasteiger partial charge in [-0.25, -0.2) is 0 Å². The van der Waals surface area contributed by atoms with Gasteiger partial charge in [-0.3, -0.25) is 9.69 Å². The number of hydrogen-bond acceptors (Lipinski definition) is 3. The van der Waals surface area contributed by atoms with Crippen molar-refractivity contribution in [3.8, 4) is 5.75 Å². The zero-order chi connectivity index (χ0) is 23.2. The summed E-state index contributed by atoms with van der Waals surface area (Å²) in [6.07, 6.45) is 2.56. The molecule has 0 saturated carbocycles. The molecule has 0 aromatic heterocycles. The third-order valence-electron chi connectivity index (χ3n) is 6.05. The van der Waals surface area contributed by atoms with Crippen LogP contribution in [0.15, 0.2) is 66.7 Å². The Hall–Kier alpha value is -2.53. The third kappa shape index (κ3) is 6.08. The molecule has 0 amide bonds. The second-order valence-corrected chi connectivity index (χ2v) is 9.14. The Morgan fingerprint density at radius 3 is 2.58 bits per heavy atom. The van der Waals surface area contributed by atoms with E-state index >= 15 is 0 Å². The first-order valence-electron chi connectivity index (χ1n) is 11.2. The summed E-state index contributed by atoms with van der Waals surface area (Å²) in [5, 5.41) is 10.1. The average Bonchev–Trinajstić information content (AvgIpc) is 2.81. The van der Waals surface area contributed by atoms with E-state index in [0.717, 1.165) is 42.8 Å². The molecule has 1 aliphatic rings. The Bertz CT molecular complexity index is 1100. The number of carboxylic acid groups (broad SMARTS) is 1. The van der Waals surface area contributed by atoms with Crippen molar-refractivity contribution in [1.82, 2.24) is 4.90 Å². The normalized spacial score (nSPS) is 15.8. The molecule has 0 aliphatic carbocycles. The van der Waals surface area contributed by atoms with Crippen molar-refractivity contribution in [3.63, 3.8) is 0 Å². The summed E-state index contributed by atoms with van der Waals surface area (Å²) >= 11 is 12.8. The molecule has 0 radical (unpaired) electrons. The van der Waals surface area contributed by atoms with Crippen molar-refractivity contribution < 1.29 is 14.6 Å². The van der Waals surface area contributed by atoms with Crippen LogP contribution in [0.5, 0.6) is 5.75 Å². The Morgan fingerprint density at radius 1 is 1.03 bits per heavy atom.